The zero-order valence-electron chi connectivity index (χ0n) is 19.9. The van der Waals surface area contributed by atoms with E-state index in [4.69, 9.17) is 9.47 Å². The molecular weight excluding hydrogens is 446 g/mol. The number of Topliss-reactive ketones (excluding diaryl/α,β-unsaturated/α-hetero) is 1. The van der Waals surface area contributed by atoms with Crippen LogP contribution in [0.1, 0.15) is 35.2 Å². The Hall–Kier alpha value is -4.39. The lowest BCUT2D eigenvalue weighted by Crippen LogP contribution is -2.29. The summed E-state index contributed by atoms with van der Waals surface area (Å²) < 4.78 is 10.4. The summed E-state index contributed by atoms with van der Waals surface area (Å²) in [6.45, 7) is 5.12. The quantitative estimate of drug-likeness (QED) is 0.188. The van der Waals surface area contributed by atoms with Crippen LogP contribution in [-0.2, 0) is 14.4 Å². The maximum absolute atomic E-state index is 13.3. The molecule has 1 aliphatic rings. The molecule has 0 aliphatic carbocycles. The first-order valence-electron chi connectivity index (χ1n) is 11.0. The number of amides is 1. The predicted octanol–water partition coefficient (Wildman–Crippen LogP) is 4.86. The number of carbonyl (C=O) groups excluding carboxylic acids is 3. The van der Waals surface area contributed by atoms with Crippen LogP contribution in [0.25, 0.3) is 5.76 Å². The summed E-state index contributed by atoms with van der Waals surface area (Å²) in [7, 11) is 1.50. The average Bonchev–Trinajstić information content (AvgIpc) is 3.08. The van der Waals surface area contributed by atoms with Crippen molar-refractivity contribution < 1.29 is 29.0 Å². The summed E-state index contributed by atoms with van der Waals surface area (Å²) in [4.78, 5) is 39.4. The van der Waals surface area contributed by atoms with Gasteiger partial charge in [0.2, 0.25) is 0 Å². The number of esters is 1. The number of hydrogen-bond acceptors (Lipinski definition) is 6. The van der Waals surface area contributed by atoms with Crippen LogP contribution in [0.15, 0.2) is 72.3 Å². The molecule has 1 aliphatic heterocycles. The maximum Gasteiger partial charge on any atom is 0.308 e. The molecule has 0 spiro atoms. The molecule has 3 aromatic rings. The second-order valence-corrected chi connectivity index (χ2v) is 8.41. The highest BCUT2D eigenvalue weighted by Crippen LogP contribution is 2.43. The first-order chi connectivity index (χ1) is 16.7. The molecule has 178 valence electrons. The molecule has 7 nitrogen and oxygen atoms in total. The van der Waals surface area contributed by atoms with Gasteiger partial charge in [-0.3, -0.25) is 19.3 Å². The second-order valence-electron chi connectivity index (χ2n) is 8.41. The average molecular weight is 472 g/mol. The number of aliphatic hydroxyl groups excluding tert-OH is 1. The standard InChI is InChI=1S/C28H25NO6/c1-16-12-17(2)14-21(13-16)29-25(19-8-10-22(11-9-19)35-18(3)30)24(27(32)28(29)33)26(31)20-6-5-7-23(15-20)34-4/h5-15,25,31H,1-4H3/b26-24+. The van der Waals surface area contributed by atoms with Crippen molar-refractivity contribution in [3.8, 4) is 11.5 Å². The molecule has 3 aromatic carbocycles. The molecule has 0 saturated carbocycles. The van der Waals surface area contributed by atoms with E-state index in [1.165, 1.54) is 18.9 Å². The van der Waals surface area contributed by atoms with Crippen LogP contribution >= 0.6 is 0 Å². The molecule has 1 fully saturated rings. The van der Waals surface area contributed by atoms with Gasteiger partial charge >= 0.3 is 5.97 Å². The van der Waals surface area contributed by atoms with Crippen LogP contribution in [0.3, 0.4) is 0 Å². The lowest BCUT2D eigenvalue weighted by Gasteiger charge is -2.26. The van der Waals surface area contributed by atoms with Crippen LogP contribution < -0.4 is 14.4 Å². The van der Waals surface area contributed by atoms with Gasteiger partial charge in [0, 0.05) is 18.2 Å². The number of nitrogens with zero attached hydrogens (tertiary/aromatic N) is 1. The molecule has 1 unspecified atom stereocenters. The van der Waals surface area contributed by atoms with Crippen LogP contribution in [-0.4, -0.2) is 29.9 Å². The molecule has 4 rings (SSSR count). The van der Waals surface area contributed by atoms with Crippen LogP contribution in [0, 0.1) is 13.8 Å². The molecule has 1 atom stereocenters. The SMILES string of the molecule is COc1cccc(/C(O)=C2\C(=O)C(=O)N(c3cc(C)cc(C)c3)C2c2ccc(OC(C)=O)cc2)c1. The maximum atomic E-state index is 13.3. The Morgan fingerprint density at radius 1 is 0.914 bits per heavy atom. The molecule has 7 heteroatoms. The Kier molecular flexibility index (Phi) is 6.42. The van der Waals surface area contributed by atoms with E-state index in [0.29, 0.717) is 28.3 Å². The highest BCUT2D eigenvalue weighted by molar-refractivity contribution is 6.51. The van der Waals surface area contributed by atoms with Crippen molar-refractivity contribution in [2.24, 2.45) is 0 Å². The minimum atomic E-state index is -0.895. The summed E-state index contributed by atoms with van der Waals surface area (Å²) in [6.07, 6.45) is 0. The van der Waals surface area contributed by atoms with Gasteiger partial charge in [-0.15, -0.1) is 0 Å². The zero-order chi connectivity index (χ0) is 25.3. The van der Waals surface area contributed by atoms with E-state index < -0.39 is 23.7 Å². The Bertz CT molecular complexity index is 1340. The lowest BCUT2D eigenvalue weighted by molar-refractivity contribution is -0.132. The summed E-state index contributed by atoms with van der Waals surface area (Å²) >= 11 is 0. The van der Waals surface area contributed by atoms with Crippen molar-refractivity contribution in [3.05, 3.63) is 94.6 Å². The number of carbonyl (C=O) groups is 3. The van der Waals surface area contributed by atoms with Gasteiger partial charge in [-0.2, -0.15) is 0 Å². The molecule has 0 bridgehead atoms. The third-order valence-corrected chi connectivity index (χ3v) is 5.73. The minimum absolute atomic E-state index is 0.0392. The molecule has 0 aromatic heterocycles. The molecule has 1 amide bonds. The third-order valence-electron chi connectivity index (χ3n) is 5.73. The summed E-state index contributed by atoms with van der Waals surface area (Å²) in [6, 6.07) is 17.9. The molecular formula is C28H25NO6. The van der Waals surface area contributed by atoms with E-state index in [0.717, 1.165) is 11.1 Å². The van der Waals surface area contributed by atoms with Crippen molar-refractivity contribution in [1.82, 2.24) is 0 Å². The first-order valence-corrected chi connectivity index (χ1v) is 11.0. The number of anilines is 1. The molecule has 1 saturated heterocycles. The second kappa shape index (κ2) is 9.46. The lowest BCUT2D eigenvalue weighted by atomic mass is 9.95. The normalized spacial score (nSPS) is 16.9. The highest BCUT2D eigenvalue weighted by atomic mass is 16.5. The Labute approximate surface area is 203 Å². The first kappa shape index (κ1) is 23.8. The Morgan fingerprint density at radius 3 is 2.17 bits per heavy atom. The van der Waals surface area contributed by atoms with E-state index in [1.807, 2.05) is 32.0 Å². The van der Waals surface area contributed by atoms with Gasteiger partial charge in [0.1, 0.15) is 17.3 Å². The number of hydrogen-bond donors (Lipinski definition) is 1. The fourth-order valence-corrected chi connectivity index (χ4v) is 4.31. The third kappa shape index (κ3) is 4.66. The van der Waals surface area contributed by atoms with Gasteiger partial charge in [0.05, 0.1) is 18.7 Å². The van der Waals surface area contributed by atoms with Crippen LogP contribution in [0.2, 0.25) is 0 Å². The largest absolute Gasteiger partial charge is 0.507 e. The van der Waals surface area contributed by atoms with Gasteiger partial charge in [-0.05, 0) is 66.9 Å². The smallest absolute Gasteiger partial charge is 0.308 e. The van der Waals surface area contributed by atoms with Crippen molar-refractivity contribution in [1.29, 1.82) is 0 Å². The van der Waals surface area contributed by atoms with Gasteiger partial charge in [0.25, 0.3) is 11.7 Å². The van der Waals surface area contributed by atoms with Gasteiger partial charge < -0.3 is 14.6 Å². The molecule has 1 N–H and O–H groups in total. The highest BCUT2D eigenvalue weighted by Gasteiger charge is 2.47. The van der Waals surface area contributed by atoms with Crippen molar-refractivity contribution in [3.63, 3.8) is 0 Å². The van der Waals surface area contributed by atoms with Crippen LogP contribution in [0.5, 0.6) is 11.5 Å². The molecule has 35 heavy (non-hydrogen) atoms. The number of aliphatic hydroxyl groups is 1. The van der Waals surface area contributed by atoms with E-state index in [1.54, 1.807) is 48.5 Å². The topological polar surface area (TPSA) is 93.1 Å². The Balaban J connectivity index is 1.92. The zero-order valence-corrected chi connectivity index (χ0v) is 19.9. The van der Waals surface area contributed by atoms with E-state index >= 15 is 0 Å². The fourth-order valence-electron chi connectivity index (χ4n) is 4.31. The Morgan fingerprint density at radius 2 is 1.57 bits per heavy atom. The van der Waals surface area contributed by atoms with E-state index in [9.17, 15) is 19.5 Å². The van der Waals surface area contributed by atoms with E-state index in [2.05, 4.69) is 0 Å². The van der Waals surface area contributed by atoms with Gasteiger partial charge in [-0.1, -0.05) is 30.3 Å². The number of benzene rings is 3. The summed E-state index contributed by atoms with van der Waals surface area (Å²) in [5, 5.41) is 11.3. The van der Waals surface area contributed by atoms with Crippen molar-refractivity contribution >= 4 is 29.1 Å². The molecule has 0 radical (unpaired) electrons. The number of ether oxygens (including phenoxy) is 2. The number of methoxy groups -OCH3 is 1. The van der Waals surface area contributed by atoms with Crippen LogP contribution in [0.4, 0.5) is 5.69 Å². The van der Waals surface area contributed by atoms with Gasteiger partial charge in [-0.25, -0.2) is 0 Å². The van der Waals surface area contributed by atoms with Crippen molar-refractivity contribution in [2.45, 2.75) is 26.8 Å². The summed E-state index contributed by atoms with van der Waals surface area (Å²) in [5.74, 6) is -1.47. The predicted molar refractivity (Wildman–Crippen MR) is 131 cm³/mol. The summed E-state index contributed by atoms with van der Waals surface area (Å²) in [5.41, 5.74) is 3.29. The number of aryl methyl sites for hydroxylation is 2. The fraction of sp³-hybridized carbons (Fsp3) is 0.179. The van der Waals surface area contributed by atoms with Crippen molar-refractivity contribution in [2.75, 3.05) is 12.0 Å². The minimum Gasteiger partial charge on any atom is -0.507 e. The molecule has 1 heterocycles. The number of rotatable bonds is 5. The monoisotopic (exact) mass is 471 g/mol. The van der Waals surface area contributed by atoms with E-state index in [-0.39, 0.29) is 11.3 Å². The number of ketones is 1. The van der Waals surface area contributed by atoms with Gasteiger partial charge in [0.15, 0.2) is 0 Å².